The van der Waals surface area contributed by atoms with Gasteiger partial charge >= 0.3 is 5.97 Å². The van der Waals surface area contributed by atoms with Gasteiger partial charge in [-0.1, -0.05) is 43.2 Å². The van der Waals surface area contributed by atoms with Gasteiger partial charge in [-0.25, -0.2) is 0 Å². The zero-order valence-corrected chi connectivity index (χ0v) is 12.6. The van der Waals surface area contributed by atoms with Crippen LogP contribution in [0.25, 0.3) is 0 Å². The van der Waals surface area contributed by atoms with Crippen molar-refractivity contribution in [3.8, 4) is 0 Å². The number of benzene rings is 1. The van der Waals surface area contributed by atoms with E-state index in [1.807, 2.05) is 6.07 Å². The standard InChI is InChI=1S/C18H25NO2/c20-17(21)18(16-8-4-5-9-16)10-12-19(13-11-18)14-15-6-2-1-3-7-15/h1-3,6-7,16H,4-5,8-14H2,(H,20,21). The van der Waals surface area contributed by atoms with Crippen molar-refractivity contribution < 1.29 is 9.90 Å². The second kappa shape index (κ2) is 6.18. The summed E-state index contributed by atoms with van der Waals surface area (Å²) in [6, 6.07) is 10.5. The van der Waals surface area contributed by atoms with E-state index >= 15 is 0 Å². The molecule has 3 heteroatoms. The molecule has 3 nitrogen and oxygen atoms in total. The molecular weight excluding hydrogens is 262 g/mol. The Morgan fingerprint density at radius 3 is 2.33 bits per heavy atom. The molecular formula is C18H25NO2. The van der Waals surface area contributed by atoms with Gasteiger partial charge in [0, 0.05) is 6.54 Å². The largest absolute Gasteiger partial charge is 0.481 e. The average Bonchev–Trinajstić information content (AvgIpc) is 3.04. The Kier molecular flexibility index (Phi) is 4.29. The highest BCUT2D eigenvalue weighted by molar-refractivity contribution is 5.75. The normalized spacial score (nSPS) is 23.2. The Morgan fingerprint density at radius 1 is 1.14 bits per heavy atom. The van der Waals surface area contributed by atoms with E-state index in [0.717, 1.165) is 45.3 Å². The van der Waals surface area contributed by atoms with Crippen molar-refractivity contribution in [3.63, 3.8) is 0 Å². The van der Waals surface area contributed by atoms with Gasteiger partial charge in [-0.15, -0.1) is 0 Å². The van der Waals surface area contributed by atoms with Gasteiger partial charge < -0.3 is 5.11 Å². The molecule has 0 spiro atoms. The molecule has 1 aliphatic carbocycles. The van der Waals surface area contributed by atoms with E-state index in [-0.39, 0.29) is 0 Å². The van der Waals surface area contributed by atoms with Gasteiger partial charge in [-0.3, -0.25) is 9.69 Å². The molecule has 1 saturated heterocycles. The number of likely N-dealkylation sites (tertiary alicyclic amines) is 1. The van der Waals surface area contributed by atoms with Crippen LogP contribution >= 0.6 is 0 Å². The molecule has 1 aliphatic heterocycles. The molecule has 0 radical (unpaired) electrons. The molecule has 21 heavy (non-hydrogen) atoms. The predicted molar refractivity (Wildman–Crippen MR) is 83.0 cm³/mol. The highest BCUT2D eigenvalue weighted by Gasteiger charge is 2.48. The molecule has 1 aromatic rings. The Bertz CT molecular complexity index is 471. The summed E-state index contributed by atoms with van der Waals surface area (Å²) in [5, 5.41) is 9.81. The van der Waals surface area contributed by atoms with Gasteiger partial charge in [0.15, 0.2) is 0 Å². The number of carboxylic acid groups (broad SMARTS) is 1. The fourth-order valence-electron chi connectivity index (χ4n) is 4.23. The molecule has 0 unspecified atom stereocenters. The Balaban J connectivity index is 1.63. The average molecular weight is 287 g/mol. The summed E-state index contributed by atoms with van der Waals surface area (Å²) in [4.78, 5) is 14.3. The molecule has 3 rings (SSSR count). The first-order valence-corrected chi connectivity index (χ1v) is 8.20. The topological polar surface area (TPSA) is 40.5 Å². The van der Waals surface area contributed by atoms with Crippen LogP contribution in [0.1, 0.15) is 44.1 Å². The summed E-state index contributed by atoms with van der Waals surface area (Å²) < 4.78 is 0. The summed E-state index contributed by atoms with van der Waals surface area (Å²) in [5.74, 6) is -0.136. The summed E-state index contributed by atoms with van der Waals surface area (Å²) in [5.41, 5.74) is 0.880. The smallest absolute Gasteiger partial charge is 0.310 e. The van der Waals surface area contributed by atoms with Crippen LogP contribution in [0.4, 0.5) is 0 Å². The minimum atomic E-state index is -0.547. The second-order valence-corrected chi connectivity index (χ2v) is 6.70. The number of piperidine rings is 1. The summed E-state index contributed by atoms with van der Waals surface area (Å²) in [7, 11) is 0. The van der Waals surface area contributed by atoms with Crippen molar-refractivity contribution in [2.45, 2.75) is 45.1 Å². The van der Waals surface area contributed by atoms with Crippen LogP contribution in [0, 0.1) is 11.3 Å². The third-order valence-corrected chi connectivity index (χ3v) is 5.56. The van der Waals surface area contributed by atoms with E-state index < -0.39 is 11.4 Å². The highest BCUT2D eigenvalue weighted by Crippen LogP contribution is 2.47. The van der Waals surface area contributed by atoms with Gasteiger partial charge in [0.25, 0.3) is 0 Å². The van der Waals surface area contributed by atoms with E-state index in [0.29, 0.717) is 5.92 Å². The van der Waals surface area contributed by atoms with Gasteiger partial charge in [-0.05, 0) is 50.3 Å². The number of hydrogen-bond donors (Lipinski definition) is 1. The first-order chi connectivity index (χ1) is 10.2. The van der Waals surface area contributed by atoms with Crippen molar-refractivity contribution in [1.82, 2.24) is 4.90 Å². The van der Waals surface area contributed by atoms with Crippen molar-refractivity contribution in [2.24, 2.45) is 11.3 Å². The van der Waals surface area contributed by atoms with Crippen LogP contribution in [-0.2, 0) is 11.3 Å². The Hall–Kier alpha value is -1.35. The zero-order chi connectivity index (χ0) is 14.7. The quantitative estimate of drug-likeness (QED) is 0.920. The molecule has 1 saturated carbocycles. The van der Waals surface area contributed by atoms with Crippen LogP contribution in [0.2, 0.25) is 0 Å². The maximum atomic E-state index is 11.9. The lowest BCUT2D eigenvalue weighted by molar-refractivity contribution is -0.156. The van der Waals surface area contributed by atoms with Gasteiger partial charge in [-0.2, -0.15) is 0 Å². The molecule has 0 atom stereocenters. The van der Waals surface area contributed by atoms with Gasteiger partial charge in [0.05, 0.1) is 5.41 Å². The third kappa shape index (κ3) is 2.98. The van der Waals surface area contributed by atoms with Crippen LogP contribution in [0.3, 0.4) is 0 Å². The molecule has 0 bridgehead atoms. The lowest BCUT2D eigenvalue weighted by Gasteiger charge is -2.42. The van der Waals surface area contributed by atoms with Gasteiger partial charge in [0.2, 0.25) is 0 Å². The minimum absolute atomic E-state index is 0.411. The third-order valence-electron chi connectivity index (χ3n) is 5.56. The lowest BCUT2D eigenvalue weighted by Crippen LogP contribution is -2.47. The van der Waals surface area contributed by atoms with Crippen molar-refractivity contribution in [3.05, 3.63) is 35.9 Å². The molecule has 114 valence electrons. The summed E-state index contributed by atoms with van der Waals surface area (Å²) >= 11 is 0. The first kappa shape index (κ1) is 14.6. The summed E-state index contributed by atoms with van der Waals surface area (Å²) in [6.45, 7) is 2.77. The Labute approximate surface area is 127 Å². The molecule has 0 aromatic heterocycles. The van der Waals surface area contributed by atoms with Crippen LogP contribution in [0.5, 0.6) is 0 Å². The molecule has 0 amide bonds. The molecule has 1 heterocycles. The van der Waals surface area contributed by atoms with E-state index in [2.05, 4.69) is 29.2 Å². The van der Waals surface area contributed by atoms with Crippen molar-refractivity contribution in [1.29, 1.82) is 0 Å². The number of carbonyl (C=O) groups is 1. The predicted octanol–water partition coefficient (Wildman–Crippen LogP) is 3.54. The monoisotopic (exact) mass is 287 g/mol. The lowest BCUT2D eigenvalue weighted by atomic mass is 9.68. The van der Waals surface area contributed by atoms with Crippen LogP contribution < -0.4 is 0 Å². The second-order valence-electron chi connectivity index (χ2n) is 6.70. The van der Waals surface area contributed by atoms with E-state index in [1.54, 1.807) is 0 Å². The maximum Gasteiger partial charge on any atom is 0.310 e. The molecule has 2 aliphatic rings. The fourth-order valence-corrected chi connectivity index (χ4v) is 4.23. The molecule has 2 fully saturated rings. The van der Waals surface area contributed by atoms with Crippen LogP contribution in [0.15, 0.2) is 30.3 Å². The van der Waals surface area contributed by atoms with Crippen LogP contribution in [-0.4, -0.2) is 29.1 Å². The van der Waals surface area contributed by atoms with Gasteiger partial charge in [0.1, 0.15) is 0 Å². The van der Waals surface area contributed by atoms with E-state index in [9.17, 15) is 9.90 Å². The SMILES string of the molecule is O=C(O)C1(C2CCCC2)CCN(Cc2ccccc2)CC1. The number of aliphatic carboxylic acids is 1. The van der Waals surface area contributed by atoms with E-state index in [4.69, 9.17) is 0 Å². The minimum Gasteiger partial charge on any atom is -0.481 e. The number of rotatable bonds is 4. The zero-order valence-electron chi connectivity index (χ0n) is 12.6. The van der Waals surface area contributed by atoms with Crippen molar-refractivity contribution in [2.75, 3.05) is 13.1 Å². The Morgan fingerprint density at radius 2 is 1.76 bits per heavy atom. The molecule has 1 aromatic carbocycles. The highest BCUT2D eigenvalue weighted by atomic mass is 16.4. The number of carboxylic acids is 1. The number of hydrogen-bond acceptors (Lipinski definition) is 2. The summed E-state index contributed by atoms with van der Waals surface area (Å²) in [6.07, 6.45) is 6.30. The maximum absolute atomic E-state index is 11.9. The fraction of sp³-hybridized carbons (Fsp3) is 0.611. The van der Waals surface area contributed by atoms with E-state index in [1.165, 1.54) is 18.4 Å². The first-order valence-electron chi connectivity index (χ1n) is 8.20. The number of nitrogens with zero attached hydrogens (tertiary/aromatic N) is 1. The van der Waals surface area contributed by atoms with Crippen molar-refractivity contribution >= 4 is 5.97 Å². The molecule has 1 N–H and O–H groups in total.